The zero-order valence-corrected chi connectivity index (χ0v) is 19.3. The van der Waals surface area contributed by atoms with Crippen molar-refractivity contribution in [1.82, 2.24) is 15.5 Å². The number of amides is 2. The average molecular weight is 473 g/mol. The molecule has 5 rings (SSSR count). The molecule has 0 saturated heterocycles. The van der Waals surface area contributed by atoms with Gasteiger partial charge in [-0.1, -0.05) is 59.2 Å². The number of urea groups is 1. The van der Waals surface area contributed by atoms with Gasteiger partial charge in [0.15, 0.2) is 0 Å². The van der Waals surface area contributed by atoms with E-state index in [2.05, 4.69) is 15.5 Å². The van der Waals surface area contributed by atoms with E-state index in [1.165, 1.54) is 0 Å². The molecule has 1 unspecified atom stereocenters. The third kappa shape index (κ3) is 4.02. The lowest BCUT2D eigenvalue weighted by Gasteiger charge is -2.35. The van der Waals surface area contributed by atoms with Gasteiger partial charge < -0.3 is 14.6 Å². The molecule has 2 amide bonds. The van der Waals surface area contributed by atoms with Gasteiger partial charge in [0.2, 0.25) is 5.82 Å². The quantitative estimate of drug-likeness (QED) is 0.379. The first-order chi connectivity index (χ1) is 16.5. The molecule has 1 atom stereocenters. The number of aromatic nitrogens is 2. The lowest BCUT2D eigenvalue weighted by atomic mass is 9.94. The second-order valence-corrected chi connectivity index (χ2v) is 8.20. The molecule has 2 heterocycles. The Morgan fingerprint density at radius 1 is 1.03 bits per heavy atom. The Morgan fingerprint density at radius 3 is 2.50 bits per heavy atom. The Kier molecular flexibility index (Phi) is 5.77. The van der Waals surface area contributed by atoms with Crippen LogP contribution in [0.5, 0.6) is 5.75 Å². The van der Waals surface area contributed by atoms with Crippen molar-refractivity contribution in [3.05, 3.63) is 101 Å². The second-order valence-electron chi connectivity index (χ2n) is 7.76. The van der Waals surface area contributed by atoms with Crippen LogP contribution in [-0.4, -0.2) is 23.3 Å². The minimum absolute atomic E-state index is 0.279. The molecule has 1 N–H and O–H groups in total. The maximum atomic E-state index is 13.3. The van der Waals surface area contributed by atoms with Crippen molar-refractivity contribution >= 4 is 28.9 Å². The second kappa shape index (κ2) is 9.03. The van der Waals surface area contributed by atoms with Gasteiger partial charge in [-0.3, -0.25) is 4.90 Å². The summed E-state index contributed by atoms with van der Waals surface area (Å²) < 4.78 is 11.0. The molecule has 1 aliphatic heterocycles. The molecule has 170 valence electrons. The molecular weight excluding hydrogens is 452 g/mol. The van der Waals surface area contributed by atoms with E-state index in [-0.39, 0.29) is 6.03 Å². The molecule has 7 nitrogen and oxygen atoms in total. The summed E-state index contributed by atoms with van der Waals surface area (Å²) in [5, 5.41) is 7.83. The largest absolute Gasteiger partial charge is 0.497 e. The Labute approximate surface area is 201 Å². The van der Waals surface area contributed by atoms with Gasteiger partial charge >= 0.3 is 6.03 Å². The number of hydrogen-bond donors (Lipinski definition) is 1. The predicted molar refractivity (Wildman–Crippen MR) is 131 cm³/mol. The van der Waals surface area contributed by atoms with Crippen molar-refractivity contribution in [2.75, 3.05) is 12.0 Å². The number of nitrogens with one attached hydrogen (secondary N) is 1. The fourth-order valence-corrected chi connectivity index (χ4v) is 4.23. The summed E-state index contributed by atoms with van der Waals surface area (Å²) in [7, 11) is 1.60. The van der Waals surface area contributed by atoms with Gasteiger partial charge in [-0.25, -0.2) is 4.79 Å². The van der Waals surface area contributed by atoms with E-state index in [0.29, 0.717) is 39.4 Å². The zero-order valence-electron chi connectivity index (χ0n) is 18.5. The van der Waals surface area contributed by atoms with Crippen LogP contribution in [0.25, 0.3) is 17.0 Å². The number of carbonyl (C=O) groups excluding carboxylic acids is 1. The summed E-state index contributed by atoms with van der Waals surface area (Å²) in [6.45, 7) is 1.86. The van der Waals surface area contributed by atoms with Crippen LogP contribution in [0.15, 0.2) is 89.1 Å². The van der Waals surface area contributed by atoms with Crippen molar-refractivity contribution in [1.29, 1.82) is 0 Å². The van der Waals surface area contributed by atoms with Crippen LogP contribution in [0.3, 0.4) is 0 Å². The molecule has 0 saturated carbocycles. The molecule has 4 aromatic rings. The summed E-state index contributed by atoms with van der Waals surface area (Å²) in [6, 6.07) is 23.4. The lowest BCUT2D eigenvalue weighted by molar-refractivity contribution is 0.244. The third-order valence-corrected chi connectivity index (χ3v) is 5.92. The summed E-state index contributed by atoms with van der Waals surface area (Å²) in [4.78, 5) is 19.5. The summed E-state index contributed by atoms with van der Waals surface area (Å²) >= 11 is 6.27. The van der Waals surface area contributed by atoms with Crippen molar-refractivity contribution in [3.8, 4) is 17.1 Å². The molecule has 34 heavy (non-hydrogen) atoms. The molecule has 0 spiro atoms. The first-order valence-electron chi connectivity index (χ1n) is 10.7. The number of ether oxygens (including phenoxy) is 1. The number of hydrogen-bond acceptors (Lipinski definition) is 5. The number of carbonyl (C=O) groups is 1. The molecule has 1 aliphatic rings. The van der Waals surface area contributed by atoms with E-state index >= 15 is 0 Å². The fourth-order valence-electron chi connectivity index (χ4n) is 4.04. The number of rotatable bonds is 5. The zero-order chi connectivity index (χ0) is 23.7. The Morgan fingerprint density at radius 2 is 1.79 bits per heavy atom. The maximum Gasteiger partial charge on any atom is 0.326 e. The third-order valence-electron chi connectivity index (χ3n) is 5.69. The SMILES string of the molecule is COc1ccc(N2C(=O)NC(c3cccc(Cl)c3)C(c3nc(-c4ccccc4)no3)=C2C)cc1. The highest BCUT2D eigenvalue weighted by Crippen LogP contribution is 2.39. The van der Waals surface area contributed by atoms with Crippen molar-refractivity contribution < 1.29 is 14.1 Å². The van der Waals surface area contributed by atoms with Crippen molar-refractivity contribution in [3.63, 3.8) is 0 Å². The number of halogens is 1. The minimum Gasteiger partial charge on any atom is -0.497 e. The predicted octanol–water partition coefficient (Wildman–Crippen LogP) is 6.10. The van der Waals surface area contributed by atoms with Crippen LogP contribution in [0.4, 0.5) is 10.5 Å². The normalized spacial score (nSPS) is 15.9. The average Bonchev–Trinajstić information content (AvgIpc) is 3.34. The molecule has 0 aliphatic carbocycles. The van der Waals surface area contributed by atoms with Gasteiger partial charge in [0.25, 0.3) is 5.89 Å². The molecule has 0 radical (unpaired) electrons. The fraction of sp³-hybridized carbons (Fsp3) is 0.115. The van der Waals surface area contributed by atoms with Gasteiger partial charge in [0.05, 0.1) is 24.4 Å². The highest BCUT2D eigenvalue weighted by Gasteiger charge is 2.36. The summed E-state index contributed by atoms with van der Waals surface area (Å²) in [6.07, 6.45) is 0. The van der Waals surface area contributed by atoms with E-state index in [1.807, 2.05) is 67.6 Å². The standard InChI is InChI=1S/C26H21ClN4O3/c1-16-22(25-29-24(30-34-25)17-7-4-3-5-8-17)23(18-9-6-10-19(27)15-18)28-26(32)31(16)20-11-13-21(33-2)14-12-20/h3-15,23H,1-2H3,(H,28,32). The van der Waals surface area contributed by atoms with Gasteiger partial charge in [-0.2, -0.15) is 4.98 Å². The Hall–Kier alpha value is -4.10. The van der Waals surface area contributed by atoms with E-state index in [9.17, 15) is 4.79 Å². The Bertz CT molecular complexity index is 1370. The topological polar surface area (TPSA) is 80.5 Å². The lowest BCUT2D eigenvalue weighted by Crippen LogP contribution is -2.46. The molecule has 1 aromatic heterocycles. The number of allylic oxidation sites excluding steroid dienone is 1. The number of nitrogens with zero attached hydrogens (tertiary/aromatic N) is 3. The molecular formula is C26H21ClN4O3. The smallest absolute Gasteiger partial charge is 0.326 e. The van der Waals surface area contributed by atoms with Crippen molar-refractivity contribution in [2.24, 2.45) is 0 Å². The Balaban J connectivity index is 1.65. The van der Waals surface area contributed by atoms with Crippen LogP contribution in [0.1, 0.15) is 24.4 Å². The molecule has 8 heteroatoms. The van der Waals surface area contributed by atoms with Crippen LogP contribution < -0.4 is 15.0 Å². The van der Waals surface area contributed by atoms with E-state index in [0.717, 1.165) is 11.1 Å². The first kappa shape index (κ1) is 21.7. The van der Waals surface area contributed by atoms with E-state index in [1.54, 1.807) is 30.2 Å². The summed E-state index contributed by atoms with van der Waals surface area (Å²) in [5.41, 5.74) is 3.68. The minimum atomic E-state index is -0.523. The van der Waals surface area contributed by atoms with E-state index in [4.69, 9.17) is 20.9 Å². The van der Waals surface area contributed by atoms with Gasteiger partial charge in [0.1, 0.15) is 5.75 Å². The highest BCUT2D eigenvalue weighted by atomic mass is 35.5. The number of anilines is 1. The number of benzene rings is 3. The number of methoxy groups -OCH3 is 1. The summed E-state index contributed by atoms with van der Waals surface area (Å²) in [5.74, 6) is 1.48. The highest BCUT2D eigenvalue weighted by molar-refractivity contribution is 6.30. The van der Waals surface area contributed by atoms with E-state index < -0.39 is 6.04 Å². The molecule has 0 bridgehead atoms. The van der Waals surface area contributed by atoms with Gasteiger partial charge in [-0.15, -0.1) is 0 Å². The van der Waals surface area contributed by atoms with Crippen LogP contribution >= 0.6 is 11.6 Å². The molecule has 0 fully saturated rings. The van der Waals surface area contributed by atoms with Crippen LogP contribution in [-0.2, 0) is 0 Å². The monoisotopic (exact) mass is 472 g/mol. The van der Waals surface area contributed by atoms with Crippen molar-refractivity contribution in [2.45, 2.75) is 13.0 Å². The van der Waals surface area contributed by atoms with Crippen LogP contribution in [0, 0.1) is 0 Å². The molecule has 3 aromatic carbocycles. The van der Waals surface area contributed by atoms with Gasteiger partial charge in [0, 0.05) is 16.3 Å². The first-order valence-corrected chi connectivity index (χ1v) is 11.0. The van der Waals surface area contributed by atoms with Crippen LogP contribution in [0.2, 0.25) is 5.02 Å². The maximum absolute atomic E-state index is 13.3. The van der Waals surface area contributed by atoms with Gasteiger partial charge in [-0.05, 0) is 48.9 Å².